The van der Waals surface area contributed by atoms with Gasteiger partial charge in [-0.2, -0.15) is 0 Å². The number of nitrogens with two attached hydrogens (primary N) is 1. The summed E-state index contributed by atoms with van der Waals surface area (Å²) in [5.41, 5.74) is 5.88. The molecule has 16 heavy (non-hydrogen) atoms. The molecule has 1 aliphatic carbocycles. The maximum atomic E-state index is 12.1. The van der Waals surface area contributed by atoms with Gasteiger partial charge in [0, 0.05) is 12.5 Å². The van der Waals surface area contributed by atoms with E-state index in [0.29, 0.717) is 6.42 Å². The van der Waals surface area contributed by atoms with Gasteiger partial charge in [0.05, 0.1) is 11.6 Å². The fourth-order valence-electron chi connectivity index (χ4n) is 2.79. The van der Waals surface area contributed by atoms with Gasteiger partial charge >= 0.3 is 0 Å². The van der Waals surface area contributed by atoms with Crippen LogP contribution in [0.1, 0.15) is 38.5 Å². The SMILES string of the molecule is C=CCC(N)C(=O)C1CCOC2(CCC2)C1. The van der Waals surface area contributed by atoms with Gasteiger partial charge in [-0.1, -0.05) is 6.08 Å². The molecule has 1 spiro atoms. The zero-order chi connectivity index (χ0) is 11.6. The Hall–Kier alpha value is -0.670. The van der Waals surface area contributed by atoms with Gasteiger partial charge in [-0.25, -0.2) is 0 Å². The quantitative estimate of drug-likeness (QED) is 0.739. The van der Waals surface area contributed by atoms with E-state index in [4.69, 9.17) is 10.5 Å². The standard InChI is InChI=1S/C13H21NO2/c1-2-4-11(14)12(15)10-5-8-16-13(9-10)6-3-7-13/h2,10-11H,1,3-9,14H2. The molecule has 2 atom stereocenters. The van der Waals surface area contributed by atoms with E-state index in [0.717, 1.165) is 32.3 Å². The molecule has 2 unspecified atom stereocenters. The van der Waals surface area contributed by atoms with Crippen LogP contribution in [0.15, 0.2) is 12.7 Å². The summed E-state index contributed by atoms with van der Waals surface area (Å²) in [5, 5.41) is 0. The normalized spacial score (nSPS) is 29.4. The Balaban J connectivity index is 1.93. The summed E-state index contributed by atoms with van der Waals surface area (Å²) in [4.78, 5) is 12.1. The fraction of sp³-hybridized carbons (Fsp3) is 0.769. The smallest absolute Gasteiger partial charge is 0.153 e. The molecule has 0 aromatic carbocycles. The van der Waals surface area contributed by atoms with Gasteiger partial charge in [-0.3, -0.25) is 4.79 Å². The number of hydrogen-bond donors (Lipinski definition) is 1. The van der Waals surface area contributed by atoms with Crippen LogP contribution >= 0.6 is 0 Å². The van der Waals surface area contributed by atoms with Crippen LogP contribution in [0.3, 0.4) is 0 Å². The largest absolute Gasteiger partial charge is 0.375 e. The summed E-state index contributed by atoms with van der Waals surface area (Å²) in [7, 11) is 0. The lowest BCUT2D eigenvalue weighted by Crippen LogP contribution is -2.49. The molecule has 1 saturated heterocycles. The first-order chi connectivity index (χ1) is 7.67. The number of hydrogen-bond acceptors (Lipinski definition) is 3. The lowest BCUT2D eigenvalue weighted by molar-refractivity contribution is -0.156. The number of ether oxygens (including phenoxy) is 1. The van der Waals surface area contributed by atoms with Gasteiger partial charge < -0.3 is 10.5 Å². The maximum Gasteiger partial charge on any atom is 0.153 e. The van der Waals surface area contributed by atoms with Crippen LogP contribution < -0.4 is 5.73 Å². The number of ketones is 1. The first-order valence-corrected chi connectivity index (χ1v) is 6.21. The van der Waals surface area contributed by atoms with Crippen molar-refractivity contribution < 1.29 is 9.53 Å². The molecule has 2 fully saturated rings. The first-order valence-electron chi connectivity index (χ1n) is 6.21. The summed E-state index contributed by atoms with van der Waals surface area (Å²) < 4.78 is 5.81. The first kappa shape index (κ1) is 11.8. The van der Waals surface area contributed by atoms with Crippen LogP contribution in [0.2, 0.25) is 0 Å². The predicted molar refractivity (Wildman–Crippen MR) is 63.1 cm³/mol. The molecule has 0 aromatic heterocycles. The van der Waals surface area contributed by atoms with Crippen LogP contribution in [-0.2, 0) is 9.53 Å². The highest BCUT2D eigenvalue weighted by Gasteiger charge is 2.44. The second-order valence-corrected chi connectivity index (χ2v) is 5.11. The lowest BCUT2D eigenvalue weighted by atomic mass is 9.70. The van der Waals surface area contributed by atoms with Gasteiger partial charge in [0.15, 0.2) is 5.78 Å². The van der Waals surface area contributed by atoms with E-state index in [2.05, 4.69) is 6.58 Å². The van der Waals surface area contributed by atoms with Crippen LogP contribution in [-0.4, -0.2) is 24.0 Å². The molecule has 0 aromatic rings. The average molecular weight is 223 g/mol. The van der Waals surface area contributed by atoms with E-state index >= 15 is 0 Å². The molecule has 3 heteroatoms. The number of carbonyl (C=O) groups excluding carboxylic acids is 1. The van der Waals surface area contributed by atoms with Gasteiger partial charge in [0.25, 0.3) is 0 Å². The Kier molecular flexibility index (Phi) is 3.45. The minimum absolute atomic E-state index is 0.0342. The van der Waals surface area contributed by atoms with Gasteiger partial charge in [-0.05, 0) is 38.5 Å². The molecule has 1 aliphatic heterocycles. The molecule has 0 amide bonds. The average Bonchev–Trinajstić information content (AvgIpc) is 2.26. The van der Waals surface area contributed by atoms with E-state index in [1.807, 2.05) is 0 Å². The molecule has 2 rings (SSSR count). The molecule has 2 aliphatic rings. The fourth-order valence-corrected chi connectivity index (χ4v) is 2.79. The minimum Gasteiger partial charge on any atom is -0.375 e. The Bertz CT molecular complexity index is 284. The van der Waals surface area contributed by atoms with Crippen LogP contribution in [0.4, 0.5) is 0 Å². The number of Topliss-reactive ketones (excluding diaryl/α,β-unsaturated/α-hetero) is 1. The van der Waals surface area contributed by atoms with E-state index in [1.165, 1.54) is 6.42 Å². The van der Waals surface area contributed by atoms with Crippen molar-refractivity contribution in [3.63, 3.8) is 0 Å². The molecule has 3 nitrogen and oxygen atoms in total. The lowest BCUT2D eigenvalue weighted by Gasteiger charge is -2.47. The molecular formula is C13H21NO2. The van der Waals surface area contributed by atoms with E-state index in [9.17, 15) is 4.79 Å². The third kappa shape index (κ3) is 2.20. The van der Waals surface area contributed by atoms with Gasteiger partial charge in [0.1, 0.15) is 0 Å². The highest BCUT2D eigenvalue weighted by atomic mass is 16.5. The molecule has 1 heterocycles. The number of carbonyl (C=O) groups is 1. The van der Waals surface area contributed by atoms with Crippen molar-refractivity contribution in [3.05, 3.63) is 12.7 Å². The third-order valence-corrected chi connectivity index (χ3v) is 3.95. The van der Waals surface area contributed by atoms with Crippen LogP contribution in [0.5, 0.6) is 0 Å². The van der Waals surface area contributed by atoms with Crippen molar-refractivity contribution >= 4 is 5.78 Å². The Morgan fingerprint density at radius 2 is 2.38 bits per heavy atom. The highest BCUT2D eigenvalue weighted by molar-refractivity contribution is 5.86. The summed E-state index contributed by atoms with van der Waals surface area (Å²) in [5.74, 6) is 0.318. The summed E-state index contributed by atoms with van der Waals surface area (Å²) >= 11 is 0. The maximum absolute atomic E-state index is 12.1. The van der Waals surface area contributed by atoms with Crippen molar-refractivity contribution in [3.8, 4) is 0 Å². The second kappa shape index (κ2) is 4.68. The van der Waals surface area contributed by atoms with Gasteiger partial charge in [-0.15, -0.1) is 6.58 Å². The zero-order valence-corrected chi connectivity index (χ0v) is 9.78. The summed E-state index contributed by atoms with van der Waals surface area (Å²) in [6, 6.07) is -0.363. The summed E-state index contributed by atoms with van der Waals surface area (Å²) in [6.07, 6.45) is 7.51. The highest BCUT2D eigenvalue weighted by Crippen LogP contribution is 2.44. The number of rotatable bonds is 4. The molecule has 1 saturated carbocycles. The Morgan fingerprint density at radius 3 is 2.94 bits per heavy atom. The van der Waals surface area contributed by atoms with E-state index in [1.54, 1.807) is 6.08 Å². The van der Waals surface area contributed by atoms with Gasteiger partial charge in [0.2, 0.25) is 0 Å². The molecule has 0 bridgehead atoms. The molecule has 0 radical (unpaired) electrons. The minimum atomic E-state index is -0.363. The Labute approximate surface area is 97.0 Å². The Morgan fingerprint density at radius 1 is 1.62 bits per heavy atom. The third-order valence-electron chi connectivity index (χ3n) is 3.95. The van der Waals surface area contributed by atoms with Crippen molar-refractivity contribution in [1.29, 1.82) is 0 Å². The van der Waals surface area contributed by atoms with Crippen molar-refractivity contribution in [2.24, 2.45) is 11.7 Å². The van der Waals surface area contributed by atoms with E-state index < -0.39 is 0 Å². The topological polar surface area (TPSA) is 52.3 Å². The summed E-state index contributed by atoms with van der Waals surface area (Å²) in [6.45, 7) is 4.35. The van der Waals surface area contributed by atoms with Crippen molar-refractivity contribution in [2.45, 2.75) is 50.2 Å². The van der Waals surface area contributed by atoms with Crippen LogP contribution in [0.25, 0.3) is 0 Å². The monoisotopic (exact) mass is 223 g/mol. The van der Waals surface area contributed by atoms with Crippen molar-refractivity contribution in [2.75, 3.05) is 6.61 Å². The predicted octanol–water partition coefficient (Wildman–Crippen LogP) is 1.81. The molecule has 2 N–H and O–H groups in total. The molecule has 90 valence electrons. The zero-order valence-electron chi connectivity index (χ0n) is 9.78. The van der Waals surface area contributed by atoms with Crippen LogP contribution in [0, 0.1) is 5.92 Å². The van der Waals surface area contributed by atoms with E-state index in [-0.39, 0.29) is 23.3 Å². The second-order valence-electron chi connectivity index (χ2n) is 5.11. The van der Waals surface area contributed by atoms with Crippen molar-refractivity contribution in [1.82, 2.24) is 0 Å². The molecular weight excluding hydrogens is 202 g/mol.